The van der Waals surface area contributed by atoms with Gasteiger partial charge in [-0.1, -0.05) is 0 Å². The maximum atomic E-state index is 5.45. The molecule has 0 radical (unpaired) electrons. The summed E-state index contributed by atoms with van der Waals surface area (Å²) in [4.78, 5) is 8.13. The van der Waals surface area contributed by atoms with Gasteiger partial charge in [-0.2, -0.15) is 0 Å². The molecule has 1 rings (SSSR count). The van der Waals surface area contributed by atoms with Crippen LogP contribution in [0.2, 0.25) is 0 Å². The molecule has 0 saturated carbocycles. The van der Waals surface area contributed by atoms with Gasteiger partial charge in [0.15, 0.2) is 0 Å². The fourth-order valence-electron chi connectivity index (χ4n) is 1.15. The smallest absolute Gasteiger partial charge is 0.131 e. The van der Waals surface area contributed by atoms with Crippen molar-refractivity contribution in [2.45, 2.75) is 19.4 Å². The van der Waals surface area contributed by atoms with Gasteiger partial charge in [0.25, 0.3) is 0 Å². The van der Waals surface area contributed by atoms with E-state index in [-0.39, 0.29) is 0 Å². The van der Waals surface area contributed by atoms with E-state index >= 15 is 0 Å². The largest absolute Gasteiger partial charge is 0.373 e. The van der Waals surface area contributed by atoms with Crippen molar-refractivity contribution >= 4 is 11.6 Å². The molecule has 0 saturated heterocycles. The van der Waals surface area contributed by atoms with Crippen LogP contribution in [-0.2, 0) is 0 Å². The van der Waals surface area contributed by atoms with Crippen LogP contribution in [0.15, 0.2) is 12.4 Å². The second-order valence-electron chi connectivity index (χ2n) is 3.16. The third-order valence-electron chi connectivity index (χ3n) is 1.92. The molecule has 1 unspecified atom stereocenters. The molecule has 0 aromatic carbocycles. The molecule has 1 heterocycles. The van der Waals surface area contributed by atoms with Gasteiger partial charge in [0.1, 0.15) is 18.0 Å². The van der Waals surface area contributed by atoms with Crippen molar-refractivity contribution in [2.24, 2.45) is 5.73 Å². The average molecular weight is 195 g/mol. The Morgan fingerprint density at radius 3 is 2.79 bits per heavy atom. The van der Waals surface area contributed by atoms with Gasteiger partial charge in [-0.15, -0.1) is 0 Å². The molecule has 78 valence electrons. The van der Waals surface area contributed by atoms with Crippen LogP contribution in [0, 0.1) is 0 Å². The first-order valence-corrected chi connectivity index (χ1v) is 4.72. The molecule has 5 heteroatoms. The first kappa shape index (κ1) is 10.7. The van der Waals surface area contributed by atoms with Gasteiger partial charge in [0, 0.05) is 19.2 Å². The van der Waals surface area contributed by atoms with Crippen LogP contribution >= 0.6 is 0 Å². The molecule has 1 aromatic rings. The number of anilines is 2. The summed E-state index contributed by atoms with van der Waals surface area (Å²) in [6.45, 7) is 2.76. The summed E-state index contributed by atoms with van der Waals surface area (Å²) in [6.07, 6.45) is 2.46. The van der Waals surface area contributed by atoms with Crippen molar-refractivity contribution in [3.63, 3.8) is 0 Å². The highest BCUT2D eigenvalue weighted by Crippen LogP contribution is 2.09. The van der Waals surface area contributed by atoms with Crippen LogP contribution in [-0.4, -0.2) is 29.6 Å². The maximum Gasteiger partial charge on any atom is 0.131 e. The number of rotatable bonds is 5. The zero-order valence-electron chi connectivity index (χ0n) is 8.62. The fraction of sp³-hybridized carbons (Fsp3) is 0.556. The van der Waals surface area contributed by atoms with Gasteiger partial charge in [-0.25, -0.2) is 9.97 Å². The van der Waals surface area contributed by atoms with Crippen LogP contribution < -0.4 is 16.4 Å². The molecule has 0 aliphatic heterocycles. The van der Waals surface area contributed by atoms with Crippen molar-refractivity contribution in [1.29, 1.82) is 0 Å². The Morgan fingerprint density at radius 1 is 1.43 bits per heavy atom. The van der Waals surface area contributed by atoms with Crippen molar-refractivity contribution < 1.29 is 0 Å². The third kappa shape index (κ3) is 3.18. The quantitative estimate of drug-likeness (QED) is 0.643. The van der Waals surface area contributed by atoms with Gasteiger partial charge in [0.05, 0.1) is 0 Å². The lowest BCUT2D eigenvalue weighted by Crippen LogP contribution is -2.20. The Balaban J connectivity index is 2.57. The molecular formula is C9H17N5. The summed E-state index contributed by atoms with van der Waals surface area (Å²) in [5, 5.41) is 6.20. The van der Waals surface area contributed by atoms with Gasteiger partial charge in [-0.05, 0) is 19.9 Å². The van der Waals surface area contributed by atoms with Gasteiger partial charge in [0.2, 0.25) is 0 Å². The monoisotopic (exact) mass is 195 g/mol. The van der Waals surface area contributed by atoms with E-state index in [0.29, 0.717) is 12.6 Å². The molecule has 1 aromatic heterocycles. The standard InChI is InChI=1S/C9H17N5/c1-7(3-4-10)14-9-5-8(11-2)12-6-13-9/h5-7H,3-4,10H2,1-2H3,(H2,11,12,13,14). The lowest BCUT2D eigenvalue weighted by Gasteiger charge is -2.13. The summed E-state index contributed by atoms with van der Waals surface area (Å²) >= 11 is 0. The molecule has 0 spiro atoms. The molecule has 0 aliphatic carbocycles. The lowest BCUT2D eigenvalue weighted by atomic mass is 10.2. The predicted octanol–water partition coefficient (Wildman–Crippen LogP) is 0.667. The molecule has 5 nitrogen and oxygen atoms in total. The Bertz CT molecular complexity index is 276. The summed E-state index contributed by atoms with van der Waals surface area (Å²) in [5.41, 5.74) is 5.45. The Morgan fingerprint density at radius 2 is 2.14 bits per heavy atom. The van der Waals surface area contributed by atoms with E-state index in [1.165, 1.54) is 6.33 Å². The summed E-state index contributed by atoms with van der Waals surface area (Å²) < 4.78 is 0. The Kier molecular flexibility index (Phi) is 4.12. The van der Waals surface area contributed by atoms with Crippen LogP contribution in [0.3, 0.4) is 0 Å². The Hall–Kier alpha value is -1.36. The lowest BCUT2D eigenvalue weighted by molar-refractivity contribution is 0.713. The number of nitrogens with one attached hydrogen (secondary N) is 2. The normalized spacial score (nSPS) is 12.2. The fourth-order valence-corrected chi connectivity index (χ4v) is 1.15. The minimum atomic E-state index is 0.333. The van der Waals surface area contributed by atoms with Crippen molar-refractivity contribution in [3.05, 3.63) is 12.4 Å². The molecule has 0 bridgehead atoms. The first-order chi connectivity index (χ1) is 6.76. The minimum Gasteiger partial charge on any atom is -0.373 e. The second-order valence-corrected chi connectivity index (χ2v) is 3.16. The van der Waals surface area contributed by atoms with E-state index in [0.717, 1.165) is 18.1 Å². The molecular weight excluding hydrogens is 178 g/mol. The SMILES string of the molecule is CNc1cc(NC(C)CCN)ncn1. The molecule has 0 fully saturated rings. The zero-order valence-corrected chi connectivity index (χ0v) is 8.62. The highest BCUT2D eigenvalue weighted by Gasteiger charge is 2.02. The van der Waals surface area contributed by atoms with E-state index in [2.05, 4.69) is 27.5 Å². The van der Waals surface area contributed by atoms with Gasteiger partial charge >= 0.3 is 0 Å². The van der Waals surface area contributed by atoms with Crippen molar-refractivity contribution in [1.82, 2.24) is 9.97 Å². The highest BCUT2D eigenvalue weighted by atomic mass is 15.1. The van der Waals surface area contributed by atoms with Crippen LogP contribution in [0.4, 0.5) is 11.6 Å². The van der Waals surface area contributed by atoms with Gasteiger partial charge < -0.3 is 16.4 Å². The summed E-state index contributed by atoms with van der Waals surface area (Å²) in [5.74, 6) is 1.63. The van der Waals surface area contributed by atoms with E-state index in [4.69, 9.17) is 5.73 Å². The van der Waals surface area contributed by atoms with Crippen LogP contribution in [0.5, 0.6) is 0 Å². The molecule has 0 amide bonds. The highest BCUT2D eigenvalue weighted by molar-refractivity contribution is 5.46. The topological polar surface area (TPSA) is 75.9 Å². The van der Waals surface area contributed by atoms with Crippen LogP contribution in [0.1, 0.15) is 13.3 Å². The number of hydrogen-bond donors (Lipinski definition) is 3. The van der Waals surface area contributed by atoms with E-state index in [1.54, 1.807) is 0 Å². The molecule has 0 aliphatic rings. The maximum absolute atomic E-state index is 5.45. The number of nitrogens with zero attached hydrogens (tertiary/aromatic N) is 2. The summed E-state index contributed by atoms with van der Waals surface area (Å²) in [6, 6.07) is 2.20. The minimum absolute atomic E-state index is 0.333. The number of aromatic nitrogens is 2. The first-order valence-electron chi connectivity index (χ1n) is 4.72. The van der Waals surface area contributed by atoms with Crippen LogP contribution in [0.25, 0.3) is 0 Å². The van der Waals surface area contributed by atoms with Crippen molar-refractivity contribution in [3.8, 4) is 0 Å². The average Bonchev–Trinajstić information content (AvgIpc) is 2.18. The van der Waals surface area contributed by atoms with E-state index in [1.807, 2.05) is 13.1 Å². The van der Waals surface area contributed by atoms with Gasteiger partial charge in [-0.3, -0.25) is 0 Å². The molecule has 14 heavy (non-hydrogen) atoms. The molecule has 1 atom stereocenters. The third-order valence-corrected chi connectivity index (χ3v) is 1.92. The van der Waals surface area contributed by atoms with E-state index < -0.39 is 0 Å². The zero-order chi connectivity index (χ0) is 10.4. The predicted molar refractivity (Wildman–Crippen MR) is 58.3 cm³/mol. The number of hydrogen-bond acceptors (Lipinski definition) is 5. The van der Waals surface area contributed by atoms with Crippen molar-refractivity contribution in [2.75, 3.05) is 24.2 Å². The molecule has 4 N–H and O–H groups in total. The summed E-state index contributed by atoms with van der Waals surface area (Å²) in [7, 11) is 1.83. The Labute approximate surface area is 84.1 Å². The van der Waals surface area contributed by atoms with E-state index in [9.17, 15) is 0 Å². The second kappa shape index (κ2) is 5.39. The number of nitrogens with two attached hydrogens (primary N) is 1.